The lowest BCUT2D eigenvalue weighted by Gasteiger charge is -2.14. The molecule has 0 heterocycles. The van der Waals surface area contributed by atoms with Crippen molar-refractivity contribution in [1.82, 2.24) is 5.32 Å². The van der Waals surface area contributed by atoms with Crippen molar-refractivity contribution in [2.75, 3.05) is 13.2 Å². The molecule has 2 aromatic rings. The second kappa shape index (κ2) is 6.70. The summed E-state index contributed by atoms with van der Waals surface area (Å²) >= 11 is 0. The first-order chi connectivity index (χ1) is 11.6. The van der Waals surface area contributed by atoms with Crippen LogP contribution in [0.1, 0.15) is 17.0 Å². The summed E-state index contributed by atoms with van der Waals surface area (Å²) in [5, 5.41) is 10.6. The van der Waals surface area contributed by atoms with E-state index in [9.17, 15) is 14.0 Å². The van der Waals surface area contributed by atoms with Crippen molar-refractivity contribution in [1.29, 1.82) is 0 Å². The summed E-state index contributed by atoms with van der Waals surface area (Å²) in [5.74, 6) is -1.71. The minimum absolute atomic E-state index is 0.0937. The number of benzene rings is 2. The van der Waals surface area contributed by atoms with Gasteiger partial charge in [0.1, 0.15) is 6.61 Å². The van der Waals surface area contributed by atoms with Crippen LogP contribution >= 0.6 is 0 Å². The molecule has 6 heteroatoms. The maximum Gasteiger partial charge on any atom is 0.407 e. The van der Waals surface area contributed by atoms with Crippen LogP contribution in [0.5, 0.6) is 0 Å². The first-order valence-corrected chi connectivity index (χ1v) is 7.53. The smallest absolute Gasteiger partial charge is 0.407 e. The maximum atomic E-state index is 13.0. The molecule has 2 N–H and O–H groups in total. The first-order valence-electron chi connectivity index (χ1n) is 7.53. The number of hydrogen-bond acceptors (Lipinski definition) is 3. The normalized spacial score (nSPS) is 13.7. The van der Waals surface area contributed by atoms with Crippen molar-refractivity contribution in [3.63, 3.8) is 0 Å². The Kier molecular flexibility index (Phi) is 4.46. The maximum absolute atomic E-state index is 13.0. The highest BCUT2D eigenvalue weighted by atomic mass is 19.1. The van der Waals surface area contributed by atoms with E-state index in [0.717, 1.165) is 22.3 Å². The van der Waals surface area contributed by atoms with Gasteiger partial charge in [-0.25, -0.2) is 14.0 Å². The van der Waals surface area contributed by atoms with E-state index in [4.69, 9.17) is 9.84 Å². The van der Waals surface area contributed by atoms with E-state index in [1.807, 2.05) is 48.5 Å². The molecule has 1 aliphatic rings. The summed E-state index contributed by atoms with van der Waals surface area (Å²) in [5.41, 5.74) is 4.36. The van der Waals surface area contributed by atoms with E-state index >= 15 is 0 Å². The van der Waals surface area contributed by atoms with E-state index in [1.165, 1.54) is 0 Å². The number of ether oxygens (including phenoxy) is 1. The Morgan fingerprint density at radius 2 is 1.62 bits per heavy atom. The lowest BCUT2D eigenvalue weighted by molar-refractivity contribution is -0.142. The molecule has 1 unspecified atom stereocenters. The third-order valence-electron chi connectivity index (χ3n) is 4.04. The second-order valence-corrected chi connectivity index (χ2v) is 5.51. The van der Waals surface area contributed by atoms with Gasteiger partial charge in [-0.1, -0.05) is 48.5 Å². The van der Waals surface area contributed by atoms with Crippen molar-refractivity contribution in [2.24, 2.45) is 0 Å². The van der Waals surface area contributed by atoms with Gasteiger partial charge in [0.2, 0.25) is 6.17 Å². The van der Waals surface area contributed by atoms with Gasteiger partial charge in [0, 0.05) is 5.92 Å². The molecule has 3 rings (SSSR count). The largest absolute Gasteiger partial charge is 0.479 e. The summed E-state index contributed by atoms with van der Waals surface area (Å²) in [6.07, 6.45) is -2.98. The molecule has 1 aliphatic carbocycles. The highest BCUT2D eigenvalue weighted by molar-refractivity contribution is 5.79. The number of hydrogen-bond donors (Lipinski definition) is 2. The zero-order chi connectivity index (χ0) is 17.1. The summed E-state index contributed by atoms with van der Waals surface area (Å²) in [7, 11) is 0. The fourth-order valence-corrected chi connectivity index (χ4v) is 2.91. The summed E-state index contributed by atoms with van der Waals surface area (Å²) in [4.78, 5) is 22.0. The summed E-state index contributed by atoms with van der Waals surface area (Å²) in [6, 6.07) is 15.8. The molecule has 0 saturated heterocycles. The number of alkyl carbamates (subject to hydrolysis) is 1. The molecular formula is C18H16FNO4. The standard InChI is InChI=1S/C18H16FNO4/c19-16(17(21)22)9-20-18(23)24-10-15-13-7-3-1-5-11(13)12-6-2-4-8-14(12)15/h1-8,15-16H,9-10H2,(H,20,23)(H,21,22). The highest BCUT2D eigenvalue weighted by Gasteiger charge is 2.29. The fourth-order valence-electron chi connectivity index (χ4n) is 2.91. The molecule has 0 aliphatic heterocycles. The van der Waals surface area contributed by atoms with Gasteiger partial charge in [0.05, 0.1) is 6.54 Å². The molecule has 0 spiro atoms. The van der Waals surface area contributed by atoms with Crippen molar-refractivity contribution in [3.05, 3.63) is 59.7 Å². The Morgan fingerprint density at radius 3 is 2.17 bits per heavy atom. The number of fused-ring (bicyclic) bond motifs is 3. The molecule has 2 aromatic carbocycles. The molecule has 0 aromatic heterocycles. The molecular weight excluding hydrogens is 313 g/mol. The quantitative estimate of drug-likeness (QED) is 0.884. The molecule has 5 nitrogen and oxygen atoms in total. The van der Waals surface area contributed by atoms with Crippen LogP contribution in [0.4, 0.5) is 9.18 Å². The number of halogens is 1. The third-order valence-corrected chi connectivity index (χ3v) is 4.04. The minimum Gasteiger partial charge on any atom is -0.479 e. The van der Waals surface area contributed by atoms with E-state index < -0.39 is 24.8 Å². The molecule has 0 fully saturated rings. The van der Waals surface area contributed by atoms with E-state index in [2.05, 4.69) is 5.32 Å². The van der Waals surface area contributed by atoms with Gasteiger partial charge < -0.3 is 15.2 Å². The van der Waals surface area contributed by atoms with Crippen molar-refractivity contribution in [2.45, 2.75) is 12.1 Å². The van der Waals surface area contributed by atoms with Crippen LogP contribution in [0, 0.1) is 0 Å². The number of nitrogens with one attached hydrogen (secondary N) is 1. The van der Waals surface area contributed by atoms with Crippen molar-refractivity contribution >= 4 is 12.1 Å². The number of carboxylic acids is 1. The van der Waals surface area contributed by atoms with Crippen LogP contribution in [-0.2, 0) is 9.53 Å². The van der Waals surface area contributed by atoms with Crippen LogP contribution in [0.3, 0.4) is 0 Å². The second-order valence-electron chi connectivity index (χ2n) is 5.51. The lowest BCUT2D eigenvalue weighted by atomic mass is 9.98. The minimum atomic E-state index is -2.15. The Bertz CT molecular complexity index is 732. The zero-order valence-electron chi connectivity index (χ0n) is 12.7. The van der Waals surface area contributed by atoms with Crippen LogP contribution in [0.2, 0.25) is 0 Å². The number of aliphatic carboxylic acids is 1. The van der Waals surface area contributed by atoms with Gasteiger partial charge in [-0.15, -0.1) is 0 Å². The molecule has 1 atom stereocenters. The number of carboxylic acid groups (broad SMARTS) is 1. The van der Waals surface area contributed by atoms with Crippen molar-refractivity contribution in [3.8, 4) is 11.1 Å². The molecule has 0 bridgehead atoms. The Balaban J connectivity index is 1.67. The predicted molar refractivity (Wildman–Crippen MR) is 85.6 cm³/mol. The number of rotatable bonds is 5. The Hall–Kier alpha value is -2.89. The predicted octanol–water partition coefficient (Wildman–Crippen LogP) is 2.95. The fraction of sp³-hybridized carbons (Fsp3) is 0.222. The molecule has 0 saturated carbocycles. The molecule has 24 heavy (non-hydrogen) atoms. The van der Waals surface area contributed by atoms with Crippen LogP contribution < -0.4 is 5.32 Å². The summed E-state index contributed by atoms with van der Waals surface area (Å²) < 4.78 is 18.1. The monoisotopic (exact) mass is 329 g/mol. The molecule has 1 amide bonds. The van der Waals surface area contributed by atoms with Crippen LogP contribution in [-0.4, -0.2) is 36.5 Å². The zero-order valence-corrected chi connectivity index (χ0v) is 12.7. The van der Waals surface area contributed by atoms with Gasteiger partial charge in [0.15, 0.2) is 0 Å². The number of carbonyl (C=O) groups excluding carboxylic acids is 1. The third kappa shape index (κ3) is 3.08. The Morgan fingerprint density at radius 1 is 1.08 bits per heavy atom. The van der Waals surface area contributed by atoms with E-state index in [0.29, 0.717) is 0 Å². The number of alkyl halides is 1. The van der Waals surface area contributed by atoms with E-state index in [1.54, 1.807) is 0 Å². The van der Waals surface area contributed by atoms with Crippen LogP contribution in [0.25, 0.3) is 11.1 Å². The van der Waals surface area contributed by atoms with Crippen molar-refractivity contribution < 1.29 is 23.8 Å². The topological polar surface area (TPSA) is 75.6 Å². The van der Waals surface area contributed by atoms with E-state index in [-0.39, 0.29) is 12.5 Å². The van der Waals surface area contributed by atoms with Crippen LogP contribution in [0.15, 0.2) is 48.5 Å². The average Bonchev–Trinajstić information content (AvgIpc) is 2.92. The SMILES string of the molecule is O=C(NCC(F)C(=O)O)OCC1c2ccccc2-c2ccccc21. The highest BCUT2D eigenvalue weighted by Crippen LogP contribution is 2.44. The molecule has 0 radical (unpaired) electrons. The van der Waals surface area contributed by atoms with Gasteiger partial charge in [-0.05, 0) is 22.3 Å². The summed E-state index contributed by atoms with van der Waals surface area (Å²) in [6.45, 7) is -0.518. The van der Waals surface area contributed by atoms with Gasteiger partial charge in [0.25, 0.3) is 0 Å². The average molecular weight is 329 g/mol. The van der Waals surface area contributed by atoms with Gasteiger partial charge >= 0.3 is 12.1 Å². The first kappa shape index (κ1) is 16.0. The number of amides is 1. The Labute approximate surface area is 138 Å². The number of carbonyl (C=O) groups is 2. The lowest BCUT2D eigenvalue weighted by Crippen LogP contribution is -2.35. The van der Waals surface area contributed by atoms with Gasteiger partial charge in [-0.3, -0.25) is 0 Å². The molecule has 124 valence electrons. The van der Waals surface area contributed by atoms with Gasteiger partial charge in [-0.2, -0.15) is 0 Å².